The summed E-state index contributed by atoms with van der Waals surface area (Å²) < 4.78 is 1.37. The standard InChI is InChI=1S/C21H18S/c1-21(16-9-4-2-5-10-16)14-8-12-18-17-11-6-3-7-13-19(17)22-20(18)15-21/h2,4-15H,3H2,1H3. The fourth-order valence-corrected chi connectivity index (χ4v) is 4.43. The van der Waals surface area contributed by atoms with E-state index in [2.05, 4.69) is 85.9 Å². The minimum absolute atomic E-state index is 0.0556. The summed E-state index contributed by atoms with van der Waals surface area (Å²) in [5.41, 5.74) is 2.65. The number of allylic oxidation sites excluding steroid dienone is 4. The van der Waals surface area contributed by atoms with Crippen LogP contribution in [0.4, 0.5) is 0 Å². The van der Waals surface area contributed by atoms with Gasteiger partial charge in [0.2, 0.25) is 0 Å². The van der Waals surface area contributed by atoms with Crippen molar-refractivity contribution in [1.29, 1.82) is 0 Å². The van der Waals surface area contributed by atoms with Crippen LogP contribution in [0.25, 0.3) is 24.3 Å². The summed E-state index contributed by atoms with van der Waals surface area (Å²) in [5, 5.41) is 1.36. The quantitative estimate of drug-likeness (QED) is 0.738. The average Bonchev–Trinajstić information content (AvgIpc) is 2.72. The number of rotatable bonds is 1. The van der Waals surface area contributed by atoms with Gasteiger partial charge in [-0.15, -0.1) is 11.3 Å². The predicted octanol–water partition coefficient (Wildman–Crippen LogP) is 4.27. The number of benzene rings is 1. The SMILES string of the molecule is CC1(c2ccccc2)C=CC=c2c3c(sc2=C1)C=CCC=C3. The van der Waals surface area contributed by atoms with Gasteiger partial charge in [-0.1, -0.05) is 72.9 Å². The summed E-state index contributed by atoms with van der Waals surface area (Å²) in [6.45, 7) is 2.29. The Labute approximate surface area is 135 Å². The van der Waals surface area contributed by atoms with Crippen molar-refractivity contribution in [2.45, 2.75) is 18.8 Å². The first kappa shape index (κ1) is 13.5. The average molecular weight is 302 g/mol. The summed E-state index contributed by atoms with van der Waals surface area (Å²) in [6.07, 6.45) is 19.2. The fraction of sp³-hybridized carbons (Fsp3) is 0.143. The van der Waals surface area contributed by atoms with Crippen molar-refractivity contribution in [1.82, 2.24) is 0 Å². The Balaban J connectivity index is 1.97. The normalized spacial score (nSPS) is 22.0. The largest absolute Gasteiger partial charge is 0.135 e. The monoisotopic (exact) mass is 302 g/mol. The maximum absolute atomic E-state index is 2.42. The van der Waals surface area contributed by atoms with Crippen molar-refractivity contribution in [3.63, 3.8) is 0 Å². The predicted molar refractivity (Wildman–Crippen MR) is 98.1 cm³/mol. The maximum Gasteiger partial charge on any atom is 0.0352 e. The van der Waals surface area contributed by atoms with Gasteiger partial charge in [0.15, 0.2) is 0 Å². The molecule has 0 nitrogen and oxygen atoms in total. The lowest BCUT2D eigenvalue weighted by molar-refractivity contribution is 0.806. The van der Waals surface area contributed by atoms with Gasteiger partial charge in [-0.05, 0) is 30.5 Å². The molecule has 0 bridgehead atoms. The Bertz CT molecular complexity index is 907. The maximum atomic E-state index is 2.42. The highest BCUT2D eigenvalue weighted by atomic mass is 32.1. The molecule has 1 heterocycles. The molecule has 1 heteroatoms. The lowest BCUT2D eigenvalue weighted by Gasteiger charge is -2.21. The molecule has 2 aliphatic rings. The van der Waals surface area contributed by atoms with Gasteiger partial charge < -0.3 is 0 Å². The highest BCUT2D eigenvalue weighted by Gasteiger charge is 2.22. The zero-order valence-corrected chi connectivity index (χ0v) is 13.4. The summed E-state index contributed by atoms with van der Waals surface area (Å²) in [4.78, 5) is 1.37. The van der Waals surface area contributed by atoms with Crippen molar-refractivity contribution in [3.05, 3.63) is 80.4 Å². The van der Waals surface area contributed by atoms with Crippen LogP contribution in [0.3, 0.4) is 0 Å². The Morgan fingerprint density at radius 1 is 1.05 bits per heavy atom. The summed E-state index contributed by atoms with van der Waals surface area (Å²) in [5.74, 6) is 0. The summed E-state index contributed by atoms with van der Waals surface area (Å²) >= 11 is 1.90. The van der Waals surface area contributed by atoms with Crippen LogP contribution in [0.5, 0.6) is 0 Å². The van der Waals surface area contributed by atoms with E-state index in [-0.39, 0.29) is 5.41 Å². The van der Waals surface area contributed by atoms with Gasteiger partial charge in [0.1, 0.15) is 0 Å². The minimum Gasteiger partial charge on any atom is -0.135 e. The van der Waals surface area contributed by atoms with Crippen LogP contribution < -0.4 is 9.75 Å². The lowest BCUT2D eigenvalue weighted by Crippen LogP contribution is -2.24. The van der Waals surface area contributed by atoms with E-state index >= 15 is 0 Å². The first-order valence-corrected chi connectivity index (χ1v) is 8.52. The third-order valence-electron chi connectivity index (χ3n) is 4.40. The molecule has 2 aliphatic carbocycles. The highest BCUT2D eigenvalue weighted by Crippen LogP contribution is 2.28. The molecule has 0 saturated heterocycles. The van der Waals surface area contributed by atoms with E-state index in [9.17, 15) is 0 Å². The Morgan fingerprint density at radius 2 is 1.86 bits per heavy atom. The molecular formula is C21H18S. The third-order valence-corrected chi connectivity index (χ3v) is 5.53. The zero-order valence-electron chi connectivity index (χ0n) is 12.6. The minimum atomic E-state index is -0.0556. The zero-order chi connectivity index (χ0) is 15.0. The molecule has 1 unspecified atom stereocenters. The van der Waals surface area contributed by atoms with Crippen LogP contribution in [-0.4, -0.2) is 0 Å². The Hall–Kier alpha value is -2.12. The first-order valence-electron chi connectivity index (χ1n) is 7.70. The number of thiophene rings is 1. The van der Waals surface area contributed by atoms with Gasteiger partial charge in [-0.3, -0.25) is 0 Å². The molecule has 0 N–H and O–H groups in total. The molecule has 1 aromatic carbocycles. The van der Waals surface area contributed by atoms with Crippen molar-refractivity contribution < 1.29 is 0 Å². The topological polar surface area (TPSA) is 0 Å². The molecule has 108 valence electrons. The summed E-state index contributed by atoms with van der Waals surface area (Å²) in [6, 6.07) is 10.7. The Morgan fingerprint density at radius 3 is 2.73 bits per heavy atom. The van der Waals surface area contributed by atoms with Gasteiger partial charge in [0.05, 0.1) is 0 Å². The summed E-state index contributed by atoms with van der Waals surface area (Å²) in [7, 11) is 0. The van der Waals surface area contributed by atoms with Crippen LogP contribution in [0.1, 0.15) is 29.3 Å². The molecule has 1 aromatic heterocycles. The molecule has 2 aromatic rings. The highest BCUT2D eigenvalue weighted by molar-refractivity contribution is 7.11. The first-order chi connectivity index (χ1) is 10.8. The van der Waals surface area contributed by atoms with Gasteiger partial charge in [0, 0.05) is 20.0 Å². The van der Waals surface area contributed by atoms with Crippen LogP contribution >= 0.6 is 11.3 Å². The third kappa shape index (κ3) is 2.22. The van der Waals surface area contributed by atoms with E-state index in [1.165, 1.54) is 25.8 Å². The smallest absolute Gasteiger partial charge is 0.0352 e. The van der Waals surface area contributed by atoms with E-state index in [0.29, 0.717) is 0 Å². The second kappa shape index (κ2) is 5.26. The van der Waals surface area contributed by atoms with Crippen LogP contribution in [0, 0.1) is 0 Å². The van der Waals surface area contributed by atoms with Gasteiger partial charge in [0.25, 0.3) is 0 Å². The Kier molecular flexibility index (Phi) is 3.24. The van der Waals surface area contributed by atoms with Crippen LogP contribution in [-0.2, 0) is 5.41 Å². The lowest BCUT2D eigenvalue weighted by atomic mass is 9.82. The number of hydrogen-bond donors (Lipinski definition) is 0. The van der Waals surface area contributed by atoms with Gasteiger partial charge >= 0.3 is 0 Å². The molecule has 4 rings (SSSR count). The molecule has 0 amide bonds. The number of hydrogen-bond acceptors (Lipinski definition) is 1. The molecule has 1 atom stereocenters. The molecule has 0 saturated carbocycles. The van der Waals surface area contributed by atoms with E-state index in [0.717, 1.165) is 6.42 Å². The van der Waals surface area contributed by atoms with Gasteiger partial charge in [-0.25, -0.2) is 0 Å². The van der Waals surface area contributed by atoms with Crippen LogP contribution in [0.2, 0.25) is 0 Å². The van der Waals surface area contributed by atoms with E-state index in [4.69, 9.17) is 0 Å². The number of fused-ring (bicyclic) bond motifs is 3. The van der Waals surface area contributed by atoms with E-state index in [1.807, 2.05) is 11.3 Å². The van der Waals surface area contributed by atoms with Gasteiger partial charge in [-0.2, -0.15) is 0 Å². The van der Waals surface area contributed by atoms with Crippen molar-refractivity contribution >= 4 is 35.6 Å². The van der Waals surface area contributed by atoms with Crippen molar-refractivity contribution in [2.75, 3.05) is 0 Å². The second-order valence-corrected chi connectivity index (χ2v) is 7.10. The second-order valence-electron chi connectivity index (χ2n) is 6.02. The van der Waals surface area contributed by atoms with E-state index < -0.39 is 0 Å². The van der Waals surface area contributed by atoms with Crippen LogP contribution in [0.15, 0.2) is 54.6 Å². The molecule has 0 spiro atoms. The molecule has 0 radical (unpaired) electrons. The fourth-order valence-electron chi connectivity index (χ4n) is 3.15. The van der Waals surface area contributed by atoms with Crippen molar-refractivity contribution in [2.24, 2.45) is 0 Å². The van der Waals surface area contributed by atoms with E-state index in [1.54, 1.807) is 0 Å². The molecule has 0 fully saturated rings. The molecule has 22 heavy (non-hydrogen) atoms. The van der Waals surface area contributed by atoms with Crippen molar-refractivity contribution in [3.8, 4) is 0 Å². The molecular weight excluding hydrogens is 284 g/mol. The molecule has 0 aliphatic heterocycles.